The number of phenolic OH excluding ortho intramolecular Hbond substituents is 1. The highest BCUT2D eigenvalue weighted by molar-refractivity contribution is 6.37. The first-order chi connectivity index (χ1) is 5.66. The highest BCUT2D eigenvalue weighted by Crippen LogP contribution is 2.34. The number of halogens is 2. The van der Waals surface area contributed by atoms with Crippen LogP contribution < -0.4 is 0 Å². The van der Waals surface area contributed by atoms with E-state index in [4.69, 9.17) is 28.5 Å². The lowest BCUT2D eigenvalue weighted by atomic mass is 10.1. The molecule has 0 fully saturated rings. The van der Waals surface area contributed by atoms with Gasteiger partial charge in [0.05, 0.1) is 22.5 Å². The van der Waals surface area contributed by atoms with Crippen molar-refractivity contribution in [2.24, 2.45) is 0 Å². The van der Waals surface area contributed by atoms with E-state index in [1.54, 1.807) is 6.07 Å². The molecule has 1 aromatic rings. The zero-order valence-corrected chi connectivity index (χ0v) is 7.52. The number of hydrogen-bond donors (Lipinski definition) is 1. The molecule has 0 aliphatic heterocycles. The average Bonchev–Trinajstić information content (AvgIpc) is 2.07. The Balaban J connectivity index is 3.19. The van der Waals surface area contributed by atoms with Crippen LogP contribution in [0.15, 0.2) is 12.1 Å². The standard InChI is InChI=1S/C8H5Cl2NO/c9-6-2-1-5(3-4-11)7(10)8(6)12/h1-2,12H,3H2. The van der Waals surface area contributed by atoms with Crippen LogP contribution in [-0.4, -0.2) is 5.11 Å². The van der Waals surface area contributed by atoms with E-state index in [1.165, 1.54) is 6.07 Å². The highest BCUT2D eigenvalue weighted by Gasteiger charge is 2.08. The lowest BCUT2D eigenvalue weighted by Crippen LogP contribution is -1.83. The molecule has 12 heavy (non-hydrogen) atoms. The van der Waals surface area contributed by atoms with E-state index in [9.17, 15) is 5.11 Å². The van der Waals surface area contributed by atoms with E-state index >= 15 is 0 Å². The summed E-state index contributed by atoms with van der Waals surface area (Å²) in [5, 5.41) is 18.0. The Morgan fingerprint density at radius 3 is 2.67 bits per heavy atom. The Hall–Kier alpha value is -0.910. The largest absolute Gasteiger partial charge is 0.505 e. The predicted octanol–water partition coefficient (Wildman–Crippen LogP) is 2.77. The van der Waals surface area contributed by atoms with Crippen LogP contribution in [0.2, 0.25) is 10.0 Å². The normalized spacial score (nSPS) is 9.42. The Labute approximate surface area is 80.0 Å². The lowest BCUT2D eigenvalue weighted by molar-refractivity contribution is 0.475. The van der Waals surface area contributed by atoms with Gasteiger partial charge in [0.15, 0.2) is 5.75 Å². The van der Waals surface area contributed by atoms with E-state index in [1.807, 2.05) is 6.07 Å². The molecule has 0 radical (unpaired) electrons. The van der Waals surface area contributed by atoms with Crippen LogP contribution in [0.1, 0.15) is 5.56 Å². The SMILES string of the molecule is N#CCc1ccc(Cl)c(O)c1Cl. The Bertz CT molecular complexity index is 344. The Kier molecular flexibility index (Phi) is 2.80. The number of rotatable bonds is 1. The average molecular weight is 202 g/mol. The molecule has 1 N–H and O–H groups in total. The van der Waals surface area contributed by atoms with Crippen molar-refractivity contribution in [3.63, 3.8) is 0 Å². The van der Waals surface area contributed by atoms with Crippen LogP contribution in [0.4, 0.5) is 0 Å². The maximum Gasteiger partial charge on any atom is 0.153 e. The zero-order chi connectivity index (χ0) is 9.14. The molecule has 0 aromatic heterocycles. The van der Waals surface area contributed by atoms with E-state index < -0.39 is 0 Å². The molecule has 0 aliphatic rings. The molecular weight excluding hydrogens is 197 g/mol. The van der Waals surface area contributed by atoms with Gasteiger partial charge < -0.3 is 5.11 Å². The quantitative estimate of drug-likeness (QED) is 0.760. The van der Waals surface area contributed by atoms with Crippen LogP contribution >= 0.6 is 23.2 Å². The molecule has 1 aromatic carbocycles. The summed E-state index contributed by atoms with van der Waals surface area (Å²) in [6, 6.07) is 5.06. The summed E-state index contributed by atoms with van der Waals surface area (Å²) in [6.45, 7) is 0. The number of benzene rings is 1. The third-order valence-corrected chi connectivity index (χ3v) is 2.14. The second kappa shape index (κ2) is 3.66. The maximum absolute atomic E-state index is 9.24. The van der Waals surface area contributed by atoms with Gasteiger partial charge in [-0.25, -0.2) is 0 Å². The molecule has 0 heterocycles. The minimum absolute atomic E-state index is 0.157. The maximum atomic E-state index is 9.24. The molecule has 0 aliphatic carbocycles. The van der Waals surface area contributed by atoms with Gasteiger partial charge in [-0.2, -0.15) is 5.26 Å². The van der Waals surface area contributed by atoms with Crippen molar-refractivity contribution in [2.45, 2.75) is 6.42 Å². The summed E-state index contributed by atoms with van der Waals surface area (Å²) in [4.78, 5) is 0. The topological polar surface area (TPSA) is 44.0 Å². The summed E-state index contributed by atoms with van der Waals surface area (Å²) in [5.74, 6) is -0.161. The summed E-state index contributed by atoms with van der Waals surface area (Å²) >= 11 is 11.3. The van der Waals surface area contributed by atoms with Gasteiger partial charge >= 0.3 is 0 Å². The van der Waals surface area contributed by atoms with E-state index in [0.29, 0.717) is 5.56 Å². The minimum atomic E-state index is -0.161. The molecule has 1 rings (SSSR count). The van der Waals surface area contributed by atoms with Gasteiger partial charge in [0.2, 0.25) is 0 Å². The van der Waals surface area contributed by atoms with Gasteiger partial charge in [0, 0.05) is 0 Å². The van der Waals surface area contributed by atoms with Crippen LogP contribution in [0.5, 0.6) is 5.75 Å². The van der Waals surface area contributed by atoms with Gasteiger partial charge in [0.1, 0.15) is 0 Å². The summed E-state index contributed by atoms with van der Waals surface area (Å²) < 4.78 is 0. The van der Waals surface area contributed by atoms with Crippen LogP contribution in [0, 0.1) is 11.3 Å². The Morgan fingerprint density at radius 1 is 1.42 bits per heavy atom. The Morgan fingerprint density at radius 2 is 2.08 bits per heavy atom. The van der Waals surface area contributed by atoms with Gasteiger partial charge in [0.25, 0.3) is 0 Å². The lowest BCUT2D eigenvalue weighted by Gasteiger charge is -2.02. The first kappa shape index (κ1) is 9.18. The summed E-state index contributed by atoms with van der Waals surface area (Å²) in [5.41, 5.74) is 0.584. The van der Waals surface area contributed by atoms with Crippen molar-refractivity contribution in [1.82, 2.24) is 0 Å². The first-order valence-corrected chi connectivity index (χ1v) is 3.95. The minimum Gasteiger partial charge on any atom is -0.505 e. The number of phenols is 1. The molecule has 0 bridgehead atoms. The van der Waals surface area contributed by atoms with Crippen LogP contribution in [0.25, 0.3) is 0 Å². The predicted molar refractivity (Wildman–Crippen MR) is 47.4 cm³/mol. The second-order valence-electron chi connectivity index (χ2n) is 2.20. The van der Waals surface area contributed by atoms with Crippen molar-refractivity contribution in [2.75, 3.05) is 0 Å². The van der Waals surface area contributed by atoms with Gasteiger partial charge in [-0.3, -0.25) is 0 Å². The fourth-order valence-corrected chi connectivity index (χ4v) is 1.24. The van der Waals surface area contributed by atoms with Crippen LogP contribution in [-0.2, 0) is 6.42 Å². The molecule has 0 unspecified atom stereocenters. The zero-order valence-electron chi connectivity index (χ0n) is 6.01. The van der Waals surface area contributed by atoms with E-state index in [2.05, 4.69) is 0 Å². The van der Waals surface area contributed by atoms with Crippen molar-refractivity contribution in [1.29, 1.82) is 5.26 Å². The molecule has 0 atom stereocenters. The molecule has 0 amide bonds. The fraction of sp³-hybridized carbons (Fsp3) is 0.125. The monoisotopic (exact) mass is 201 g/mol. The molecular formula is C8H5Cl2NO. The third-order valence-electron chi connectivity index (χ3n) is 1.42. The molecule has 0 saturated carbocycles. The second-order valence-corrected chi connectivity index (χ2v) is 2.99. The first-order valence-electron chi connectivity index (χ1n) is 3.19. The summed E-state index contributed by atoms with van der Waals surface area (Å²) in [6.07, 6.45) is 0.170. The van der Waals surface area contributed by atoms with E-state index in [0.717, 1.165) is 0 Å². The number of nitrogens with zero attached hydrogens (tertiary/aromatic N) is 1. The molecule has 2 nitrogen and oxygen atoms in total. The molecule has 0 saturated heterocycles. The highest BCUT2D eigenvalue weighted by atomic mass is 35.5. The van der Waals surface area contributed by atoms with Crippen molar-refractivity contribution in [3.8, 4) is 11.8 Å². The van der Waals surface area contributed by atoms with E-state index in [-0.39, 0.29) is 22.2 Å². The van der Waals surface area contributed by atoms with Crippen molar-refractivity contribution >= 4 is 23.2 Å². The number of aromatic hydroxyl groups is 1. The molecule has 4 heteroatoms. The van der Waals surface area contributed by atoms with Gasteiger partial charge in [-0.1, -0.05) is 29.3 Å². The molecule has 62 valence electrons. The number of nitriles is 1. The van der Waals surface area contributed by atoms with Crippen molar-refractivity contribution in [3.05, 3.63) is 27.7 Å². The third kappa shape index (κ3) is 1.63. The smallest absolute Gasteiger partial charge is 0.153 e. The summed E-state index contributed by atoms with van der Waals surface area (Å²) in [7, 11) is 0. The van der Waals surface area contributed by atoms with Gasteiger partial charge in [-0.05, 0) is 11.6 Å². The fourth-order valence-electron chi connectivity index (χ4n) is 0.804. The number of hydrogen-bond acceptors (Lipinski definition) is 2. The van der Waals surface area contributed by atoms with Crippen LogP contribution in [0.3, 0.4) is 0 Å². The molecule has 0 spiro atoms. The van der Waals surface area contributed by atoms with Gasteiger partial charge in [-0.15, -0.1) is 0 Å². The van der Waals surface area contributed by atoms with Crippen molar-refractivity contribution < 1.29 is 5.11 Å².